The minimum atomic E-state index is 0.0366. The first-order valence-electron chi connectivity index (χ1n) is 11.2. The van der Waals surface area contributed by atoms with Crippen molar-refractivity contribution in [2.75, 3.05) is 0 Å². The molecular formula is C23H39N. The average molecular weight is 330 g/mol. The summed E-state index contributed by atoms with van der Waals surface area (Å²) >= 11 is 0. The van der Waals surface area contributed by atoms with E-state index in [0.29, 0.717) is 5.41 Å². The molecule has 24 heavy (non-hydrogen) atoms. The highest BCUT2D eigenvalue weighted by Crippen LogP contribution is 2.58. The first-order chi connectivity index (χ1) is 11.7. The molecule has 0 unspecified atom stereocenters. The van der Waals surface area contributed by atoms with Gasteiger partial charge in [0.25, 0.3) is 0 Å². The van der Waals surface area contributed by atoms with Crippen LogP contribution in [0.15, 0.2) is 0 Å². The summed E-state index contributed by atoms with van der Waals surface area (Å²) < 4.78 is 0. The fourth-order valence-corrected chi connectivity index (χ4v) is 6.72. The zero-order chi connectivity index (χ0) is 16.9. The lowest BCUT2D eigenvalue weighted by Gasteiger charge is -2.53. The zero-order valence-corrected chi connectivity index (χ0v) is 16.1. The van der Waals surface area contributed by atoms with E-state index in [1.807, 2.05) is 0 Å². The summed E-state index contributed by atoms with van der Waals surface area (Å²) in [4.78, 5) is 0. The van der Waals surface area contributed by atoms with Crippen molar-refractivity contribution in [2.24, 2.45) is 22.7 Å². The number of unbranched alkanes of at least 4 members (excludes halogenated alkanes) is 1. The Morgan fingerprint density at radius 1 is 0.792 bits per heavy atom. The Bertz CT molecular complexity index is 412. The minimum absolute atomic E-state index is 0.0366. The van der Waals surface area contributed by atoms with Gasteiger partial charge >= 0.3 is 0 Å². The van der Waals surface area contributed by atoms with Crippen LogP contribution in [0.5, 0.6) is 0 Å². The molecule has 3 saturated carbocycles. The third-order valence-electron chi connectivity index (χ3n) is 8.20. The van der Waals surface area contributed by atoms with E-state index in [1.165, 1.54) is 103 Å². The van der Waals surface area contributed by atoms with Crippen molar-refractivity contribution in [1.29, 1.82) is 5.26 Å². The molecule has 0 aromatic heterocycles. The summed E-state index contributed by atoms with van der Waals surface area (Å²) in [7, 11) is 0. The lowest BCUT2D eigenvalue weighted by molar-refractivity contribution is -0.0262. The quantitative estimate of drug-likeness (QED) is 0.515. The van der Waals surface area contributed by atoms with Crippen LogP contribution in [0.1, 0.15) is 116 Å². The molecule has 3 fully saturated rings. The van der Waals surface area contributed by atoms with Crippen molar-refractivity contribution < 1.29 is 0 Å². The molecule has 0 radical (unpaired) electrons. The second kappa shape index (κ2) is 8.25. The molecule has 0 saturated heterocycles. The highest BCUT2D eigenvalue weighted by atomic mass is 14.5. The highest BCUT2D eigenvalue weighted by molar-refractivity contribution is 5.05. The first-order valence-corrected chi connectivity index (χ1v) is 11.2. The molecule has 0 N–H and O–H groups in total. The van der Waals surface area contributed by atoms with Crippen LogP contribution in [0, 0.1) is 34.0 Å². The lowest BCUT2D eigenvalue weighted by atomic mass is 9.51. The molecule has 0 aromatic rings. The summed E-state index contributed by atoms with van der Waals surface area (Å²) in [5.41, 5.74) is 0.708. The molecule has 1 nitrogen and oxygen atoms in total. The Hall–Kier alpha value is -0.510. The van der Waals surface area contributed by atoms with E-state index in [1.54, 1.807) is 0 Å². The molecule has 0 bridgehead atoms. The summed E-state index contributed by atoms with van der Waals surface area (Å²) in [5.74, 6) is 1.95. The van der Waals surface area contributed by atoms with Crippen molar-refractivity contribution in [3.63, 3.8) is 0 Å². The standard InChI is InChI=1S/C23H39N/c1-2-3-14-22(19-24)17-12-21(13-18-22)23(15-8-5-9-16-23)20-10-6-4-7-11-20/h20-21H,2-18H2,1H3. The average Bonchev–Trinajstić information content (AvgIpc) is 2.68. The van der Waals surface area contributed by atoms with E-state index in [9.17, 15) is 5.26 Å². The maximum atomic E-state index is 9.83. The molecule has 0 atom stereocenters. The molecule has 3 aliphatic rings. The second-order valence-corrected chi connectivity index (χ2v) is 9.40. The van der Waals surface area contributed by atoms with Gasteiger partial charge in [-0.2, -0.15) is 5.26 Å². The van der Waals surface area contributed by atoms with Gasteiger partial charge in [0.15, 0.2) is 0 Å². The number of rotatable bonds is 5. The van der Waals surface area contributed by atoms with Gasteiger partial charge in [0.05, 0.1) is 11.5 Å². The number of nitrogens with zero attached hydrogens (tertiary/aromatic N) is 1. The van der Waals surface area contributed by atoms with Crippen molar-refractivity contribution in [3.05, 3.63) is 0 Å². The van der Waals surface area contributed by atoms with E-state index in [0.717, 1.165) is 18.3 Å². The lowest BCUT2D eigenvalue weighted by Crippen LogP contribution is -2.43. The van der Waals surface area contributed by atoms with Gasteiger partial charge in [-0.1, -0.05) is 58.3 Å². The van der Waals surface area contributed by atoms with E-state index in [2.05, 4.69) is 13.0 Å². The van der Waals surface area contributed by atoms with Crippen molar-refractivity contribution in [2.45, 2.75) is 116 Å². The van der Waals surface area contributed by atoms with Gasteiger partial charge in [0.1, 0.15) is 0 Å². The van der Waals surface area contributed by atoms with Gasteiger partial charge in [0.2, 0.25) is 0 Å². The van der Waals surface area contributed by atoms with E-state index in [-0.39, 0.29) is 5.41 Å². The Labute approximate surface area is 150 Å². The first kappa shape index (κ1) is 18.3. The normalized spacial score (nSPS) is 34.6. The van der Waals surface area contributed by atoms with E-state index < -0.39 is 0 Å². The van der Waals surface area contributed by atoms with Crippen LogP contribution in [-0.2, 0) is 0 Å². The van der Waals surface area contributed by atoms with Crippen molar-refractivity contribution in [3.8, 4) is 6.07 Å². The SMILES string of the molecule is CCCCC1(C#N)CCC(C2(C3CCCCC3)CCCCC2)CC1. The maximum absolute atomic E-state index is 9.83. The Morgan fingerprint density at radius 3 is 1.96 bits per heavy atom. The van der Waals surface area contributed by atoms with Crippen LogP contribution in [-0.4, -0.2) is 0 Å². The van der Waals surface area contributed by atoms with E-state index in [4.69, 9.17) is 0 Å². The third-order valence-corrected chi connectivity index (χ3v) is 8.20. The van der Waals surface area contributed by atoms with Gasteiger partial charge < -0.3 is 0 Å². The number of hydrogen-bond acceptors (Lipinski definition) is 1. The predicted molar refractivity (Wildman–Crippen MR) is 102 cm³/mol. The molecule has 3 aliphatic carbocycles. The van der Waals surface area contributed by atoms with Crippen molar-refractivity contribution >= 4 is 0 Å². The smallest absolute Gasteiger partial charge is 0.0689 e. The van der Waals surface area contributed by atoms with Crippen LogP contribution in [0.4, 0.5) is 0 Å². The largest absolute Gasteiger partial charge is 0.198 e. The predicted octanol–water partition coefficient (Wildman–Crippen LogP) is 7.41. The summed E-state index contributed by atoms with van der Waals surface area (Å²) in [6.07, 6.45) is 23.7. The highest BCUT2D eigenvalue weighted by Gasteiger charge is 2.48. The van der Waals surface area contributed by atoms with E-state index >= 15 is 0 Å². The number of hydrogen-bond donors (Lipinski definition) is 0. The van der Waals surface area contributed by atoms with Crippen LogP contribution >= 0.6 is 0 Å². The third kappa shape index (κ3) is 3.68. The van der Waals surface area contributed by atoms with Crippen LogP contribution in [0.3, 0.4) is 0 Å². The van der Waals surface area contributed by atoms with Gasteiger partial charge in [-0.05, 0) is 75.0 Å². The molecule has 0 amide bonds. The van der Waals surface area contributed by atoms with Crippen LogP contribution in [0.2, 0.25) is 0 Å². The van der Waals surface area contributed by atoms with Gasteiger partial charge in [-0.25, -0.2) is 0 Å². The summed E-state index contributed by atoms with van der Waals surface area (Å²) in [6.45, 7) is 2.26. The second-order valence-electron chi connectivity index (χ2n) is 9.40. The molecule has 0 heterocycles. The Kier molecular flexibility index (Phi) is 6.28. The van der Waals surface area contributed by atoms with Crippen LogP contribution in [0.25, 0.3) is 0 Å². The molecular weight excluding hydrogens is 290 g/mol. The fraction of sp³-hybridized carbons (Fsp3) is 0.957. The topological polar surface area (TPSA) is 23.8 Å². The summed E-state index contributed by atoms with van der Waals surface area (Å²) in [6, 6.07) is 2.77. The summed E-state index contributed by atoms with van der Waals surface area (Å²) in [5, 5.41) is 9.83. The minimum Gasteiger partial charge on any atom is -0.198 e. The van der Waals surface area contributed by atoms with Gasteiger partial charge in [-0.3, -0.25) is 0 Å². The maximum Gasteiger partial charge on any atom is 0.0689 e. The van der Waals surface area contributed by atoms with Crippen molar-refractivity contribution in [1.82, 2.24) is 0 Å². The molecule has 0 aliphatic heterocycles. The Morgan fingerprint density at radius 2 is 1.38 bits per heavy atom. The fourth-order valence-electron chi connectivity index (χ4n) is 6.72. The van der Waals surface area contributed by atoms with Gasteiger partial charge in [0, 0.05) is 0 Å². The molecule has 1 heteroatoms. The molecule has 136 valence electrons. The molecule has 0 aromatic carbocycles. The van der Waals surface area contributed by atoms with Crippen LogP contribution < -0.4 is 0 Å². The molecule has 0 spiro atoms. The van der Waals surface area contributed by atoms with Gasteiger partial charge in [-0.15, -0.1) is 0 Å². The number of nitriles is 1. The monoisotopic (exact) mass is 329 g/mol. The molecule has 3 rings (SSSR count). The zero-order valence-electron chi connectivity index (χ0n) is 16.1. The Balaban J connectivity index is 1.70.